The third kappa shape index (κ3) is 4.59. The van der Waals surface area contributed by atoms with Gasteiger partial charge in [0.15, 0.2) is 0 Å². The first kappa shape index (κ1) is 15.6. The van der Waals surface area contributed by atoms with Crippen molar-refractivity contribution in [1.82, 2.24) is 5.32 Å². The fourth-order valence-electron chi connectivity index (χ4n) is 2.94. The molecule has 0 atom stereocenters. The van der Waals surface area contributed by atoms with Gasteiger partial charge in [0, 0.05) is 12.1 Å². The maximum atomic E-state index is 12.2. The van der Waals surface area contributed by atoms with Gasteiger partial charge in [-0.15, -0.1) is 0 Å². The number of rotatable bonds is 5. The van der Waals surface area contributed by atoms with Gasteiger partial charge in [-0.05, 0) is 55.5 Å². The van der Waals surface area contributed by atoms with E-state index >= 15 is 0 Å². The zero-order chi connectivity index (χ0) is 15.9. The van der Waals surface area contributed by atoms with Crippen molar-refractivity contribution >= 4 is 5.91 Å². The summed E-state index contributed by atoms with van der Waals surface area (Å²) in [4.78, 5) is 12.2. The molecule has 120 valence electrons. The Morgan fingerprint density at radius 1 is 0.957 bits per heavy atom. The van der Waals surface area contributed by atoms with Gasteiger partial charge in [0.25, 0.3) is 5.91 Å². The van der Waals surface area contributed by atoms with Crippen LogP contribution in [-0.2, 0) is 6.54 Å². The monoisotopic (exact) mass is 309 g/mol. The quantitative estimate of drug-likeness (QED) is 0.893. The molecule has 0 saturated heterocycles. The third-order valence-electron chi connectivity index (χ3n) is 4.27. The van der Waals surface area contributed by atoms with Crippen LogP contribution < -0.4 is 10.1 Å². The second-order valence-corrected chi connectivity index (χ2v) is 6.07. The zero-order valence-corrected chi connectivity index (χ0v) is 13.3. The summed E-state index contributed by atoms with van der Waals surface area (Å²) in [6, 6.07) is 17.4. The van der Waals surface area contributed by atoms with Crippen molar-refractivity contribution in [2.24, 2.45) is 0 Å². The van der Waals surface area contributed by atoms with E-state index in [4.69, 9.17) is 4.74 Å². The number of carbonyl (C=O) groups excluding carboxylic acids is 1. The molecule has 3 heteroatoms. The summed E-state index contributed by atoms with van der Waals surface area (Å²) in [5, 5.41) is 2.94. The molecule has 0 heterocycles. The van der Waals surface area contributed by atoms with Gasteiger partial charge in [0.1, 0.15) is 5.75 Å². The number of nitrogens with one attached hydrogen (secondary N) is 1. The molecule has 1 amide bonds. The molecule has 0 unspecified atom stereocenters. The fraction of sp³-hybridized carbons (Fsp3) is 0.350. The van der Waals surface area contributed by atoms with E-state index in [1.165, 1.54) is 19.3 Å². The van der Waals surface area contributed by atoms with Crippen LogP contribution in [0, 0.1) is 0 Å². The molecule has 1 saturated carbocycles. The summed E-state index contributed by atoms with van der Waals surface area (Å²) in [5.41, 5.74) is 1.76. The summed E-state index contributed by atoms with van der Waals surface area (Å²) >= 11 is 0. The van der Waals surface area contributed by atoms with Gasteiger partial charge < -0.3 is 10.1 Å². The molecular weight excluding hydrogens is 286 g/mol. The standard InChI is InChI=1S/C20H23NO2/c22-20(21-15-16-7-3-1-4-8-16)17-11-13-19(14-12-17)23-18-9-5-2-6-10-18/h1,3-4,7-8,11-14,18H,2,5-6,9-10,15H2,(H,21,22). The van der Waals surface area contributed by atoms with Crippen molar-refractivity contribution in [3.8, 4) is 5.75 Å². The molecule has 1 fully saturated rings. The van der Waals surface area contributed by atoms with Crippen molar-refractivity contribution in [3.63, 3.8) is 0 Å². The SMILES string of the molecule is O=C(NCc1ccccc1)c1ccc(OC2CCCCC2)cc1. The lowest BCUT2D eigenvalue weighted by Crippen LogP contribution is -2.23. The molecule has 3 rings (SSSR count). The van der Waals surface area contributed by atoms with Crippen molar-refractivity contribution in [1.29, 1.82) is 0 Å². The first-order valence-electron chi connectivity index (χ1n) is 8.40. The fourth-order valence-corrected chi connectivity index (χ4v) is 2.94. The van der Waals surface area contributed by atoms with E-state index in [1.54, 1.807) is 0 Å². The van der Waals surface area contributed by atoms with Crippen molar-refractivity contribution in [2.75, 3.05) is 0 Å². The first-order valence-corrected chi connectivity index (χ1v) is 8.40. The van der Waals surface area contributed by atoms with Gasteiger partial charge >= 0.3 is 0 Å². The van der Waals surface area contributed by atoms with Gasteiger partial charge in [0.2, 0.25) is 0 Å². The minimum absolute atomic E-state index is 0.0573. The van der Waals surface area contributed by atoms with E-state index in [-0.39, 0.29) is 5.91 Å². The molecule has 2 aromatic rings. The van der Waals surface area contributed by atoms with Gasteiger partial charge in [-0.2, -0.15) is 0 Å². The molecule has 1 aliphatic carbocycles. The number of ether oxygens (including phenoxy) is 1. The maximum Gasteiger partial charge on any atom is 0.251 e. The number of hydrogen-bond acceptors (Lipinski definition) is 2. The predicted molar refractivity (Wildman–Crippen MR) is 91.6 cm³/mol. The largest absolute Gasteiger partial charge is 0.490 e. The van der Waals surface area contributed by atoms with Crippen molar-refractivity contribution in [2.45, 2.75) is 44.8 Å². The van der Waals surface area contributed by atoms with Crippen LogP contribution >= 0.6 is 0 Å². The lowest BCUT2D eigenvalue weighted by Gasteiger charge is -2.23. The summed E-state index contributed by atoms with van der Waals surface area (Å²) < 4.78 is 5.99. The highest BCUT2D eigenvalue weighted by Gasteiger charge is 2.15. The van der Waals surface area contributed by atoms with E-state index in [0.717, 1.165) is 24.2 Å². The average molecular weight is 309 g/mol. The van der Waals surface area contributed by atoms with Gasteiger partial charge in [-0.1, -0.05) is 36.8 Å². The molecule has 0 aliphatic heterocycles. The molecule has 2 aromatic carbocycles. The predicted octanol–water partition coefficient (Wildman–Crippen LogP) is 4.33. The van der Waals surface area contributed by atoms with E-state index in [9.17, 15) is 4.79 Å². The lowest BCUT2D eigenvalue weighted by atomic mass is 9.98. The van der Waals surface area contributed by atoms with E-state index in [1.807, 2.05) is 54.6 Å². The van der Waals surface area contributed by atoms with Gasteiger partial charge in [-0.3, -0.25) is 4.79 Å². The van der Waals surface area contributed by atoms with Gasteiger partial charge in [0.05, 0.1) is 6.10 Å². The van der Waals surface area contributed by atoms with Crippen LogP contribution in [0.2, 0.25) is 0 Å². The summed E-state index contributed by atoms with van der Waals surface area (Å²) in [5.74, 6) is 0.801. The minimum Gasteiger partial charge on any atom is -0.490 e. The molecule has 1 aliphatic rings. The number of carbonyl (C=O) groups is 1. The Labute approximate surface area is 137 Å². The highest BCUT2D eigenvalue weighted by molar-refractivity contribution is 5.94. The summed E-state index contributed by atoms with van der Waals surface area (Å²) in [6.07, 6.45) is 6.44. The third-order valence-corrected chi connectivity index (χ3v) is 4.27. The molecule has 23 heavy (non-hydrogen) atoms. The van der Waals surface area contributed by atoms with Crippen LogP contribution in [0.25, 0.3) is 0 Å². The van der Waals surface area contributed by atoms with Gasteiger partial charge in [-0.25, -0.2) is 0 Å². The van der Waals surface area contributed by atoms with E-state index in [0.29, 0.717) is 18.2 Å². The average Bonchev–Trinajstić information content (AvgIpc) is 2.62. The Bertz CT molecular complexity index is 616. The molecule has 0 aromatic heterocycles. The summed E-state index contributed by atoms with van der Waals surface area (Å²) in [6.45, 7) is 0.542. The Hall–Kier alpha value is -2.29. The Balaban J connectivity index is 1.52. The van der Waals surface area contributed by atoms with Crippen LogP contribution in [-0.4, -0.2) is 12.0 Å². The number of amides is 1. The van der Waals surface area contributed by atoms with Crippen LogP contribution in [0.1, 0.15) is 48.0 Å². The number of hydrogen-bond donors (Lipinski definition) is 1. The molecule has 0 radical (unpaired) electrons. The molecule has 0 spiro atoms. The highest BCUT2D eigenvalue weighted by atomic mass is 16.5. The Morgan fingerprint density at radius 2 is 1.65 bits per heavy atom. The Morgan fingerprint density at radius 3 is 2.35 bits per heavy atom. The topological polar surface area (TPSA) is 38.3 Å². The molecule has 1 N–H and O–H groups in total. The zero-order valence-electron chi connectivity index (χ0n) is 13.3. The van der Waals surface area contributed by atoms with Crippen molar-refractivity contribution < 1.29 is 9.53 Å². The van der Waals surface area contributed by atoms with E-state index in [2.05, 4.69) is 5.32 Å². The molecular formula is C20H23NO2. The maximum absolute atomic E-state index is 12.2. The van der Waals surface area contributed by atoms with Crippen LogP contribution in [0.15, 0.2) is 54.6 Å². The number of benzene rings is 2. The summed E-state index contributed by atoms with van der Waals surface area (Å²) in [7, 11) is 0. The highest BCUT2D eigenvalue weighted by Crippen LogP contribution is 2.23. The normalized spacial score (nSPS) is 15.1. The minimum atomic E-state index is -0.0573. The van der Waals surface area contributed by atoms with E-state index < -0.39 is 0 Å². The smallest absolute Gasteiger partial charge is 0.251 e. The van der Waals surface area contributed by atoms with Crippen LogP contribution in [0.3, 0.4) is 0 Å². The lowest BCUT2D eigenvalue weighted by molar-refractivity contribution is 0.0951. The molecule has 3 nitrogen and oxygen atoms in total. The Kier molecular flexibility index (Phi) is 5.30. The van der Waals surface area contributed by atoms with Crippen LogP contribution in [0.4, 0.5) is 0 Å². The van der Waals surface area contributed by atoms with Crippen molar-refractivity contribution in [3.05, 3.63) is 65.7 Å². The molecule has 0 bridgehead atoms. The second kappa shape index (κ2) is 7.82. The van der Waals surface area contributed by atoms with Crippen LogP contribution in [0.5, 0.6) is 5.75 Å². The second-order valence-electron chi connectivity index (χ2n) is 6.07. The first-order chi connectivity index (χ1) is 11.3.